The third kappa shape index (κ3) is 7.90. The highest BCUT2D eigenvalue weighted by atomic mass is 19.3. The van der Waals surface area contributed by atoms with E-state index in [-0.39, 0.29) is 32.3 Å². The standard InChI is InChI=1S/C10H16F4O2.C10H18F2O/c1-15-9(11,12)7-3-5-8(6-4-7)10(13,14)16-2;1-3-13-10(11,12)9-6-4-8(2)5-7-9/h7-8H,3-6H2,1-2H3;8-9H,3-7H2,1-2H3. The smallest absolute Gasteiger partial charge is 0.324 e. The largest absolute Gasteiger partial charge is 0.358 e. The Hall–Kier alpha value is -0.540. The average Bonchev–Trinajstić information content (AvgIpc) is 2.69. The molecule has 0 heterocycles. The van der Waals surface area contributed by atoms with Gasteiger partial charge in [-0.3, -0.25) is 0 Å². The van der Waals surface area contributed by atoms with Gasteiger partial charge in [-0.1, -0.05) is 19.8 Å². The van der Waals surface area contributed by atoms with E-state index in [1.165, 1.54) is 0 Å². The molecule has 2 aliphatic rings. The minimum Gasteiger partial charge on any atom is -0.324 e. The van der Waals surface area contributed by atoms with Crippen LogP contribution >= 0.6 is 0 Å². The Balaban J connectivity index is 0.000000296. The van der Waals surface area contributed by atoms with E-state index in [9.17, 15) is 26.3 Å². The summed E-state index contributed by atoms with van der Waals surface area (Å²) in [5, 5.41) is 0. The summed E-state index contributed by atoms with van der Waals surface area (Å²) in [5.74, 6) is -1.89. The van der Waals surface area contributed by atoms with Crippen LogP contribution in [-0.2, 0) is 14.2 Å². The number of halogens is 6. The van der Waals surface area contributed by atoms with Crippen LogP contribution in [0.5, 0.6) is 0 Å². The van der Waals surface area contributed by atoms with Crippen LogP contribution in [0.3, 0.4) is 0 Å². The molecule has 2 fully saturated rings. The normalized spacial score (nSPS) is 29.2. The van der Waals surface area contributed by atoms with Crippen LogP contribution in [0.1, 0.15) is 65.2 Å². The summed E-state index contributed by atoms with van der Waals surface area (Å²) in [7, 11) is 1.85. The predicted molar refractivity (Wildman–Crippen MR) is 97.1 cm³/mol. The summed E-state index contributed by atoms with van der Waals surface area (Å²) >= 11 is 0. The summed E-state index contributed by atoms with van der Waals surface area (Å²) < 4.78 is 91.5. The maximum atomic E-state index is 13.2. The van der Waals surface area contributed by atoms with E-state index < -0.39 is 36.1 Å². The second-order valence-electron chi connectivity index (χ2n) is 8.03. The van der Waals surface area contributed by atoms with Crippen molar-refractivity contribution in [3.63, 3.8) is 0 Å². The molecule has 174 valence electrons. The van der Waals surface area contributed by atoms with Gasteiger partial charge in [0.2, 0.25) is 0 Å². The number of methoxy groups -OCH3 is 2. The highest BCUT2D eigenvalue weighted by molar-refractivity contribution is 4.81. The quantitative estimate of drug-likeness (QED) is 0.415. The molecule has 2 rings (SSSR count). The minimum atomic E-state index is -3.21. The molecule has 0 aliphatic heterocycles. The molecule has 0 radical (unpaired) electrons. The Morgan fingerprint density at radius 2 is 0.931 bits per heavy atom. The van der Waals surface area contributed by atoms with Gasteiger partial charge in [0.25, 0.3) is 0 Å². The monoisotopic (exact) mass is 436 g/mol. The second kappa shape index (κ2) is 11.2. The van der Waals surface area contributed by atoms with Crippen molar-refractivity contribution >= 4 is 0 Å². The zero-order valence-electron chi connectivity index (χ0n) is 17.7. The van der Waals surface area contributed by atoms with Crippen molar-refractivity contribution in [2.45, 2.75) is 83.5 Å². The summed E-state index contributed by atoms with van der Waals surface area (Å²) in [6.45, 7) is 3.83. The molecular weight excluding hydrogens is 402 g/mol. The van der Waals surface area contributed by atoms with Gasteiger partial charge in [0.15, 0.2) is 0 Å². The van der Waals surface area contributed by atoms with Gasteiger partial charge in [-0.15, -0.1) is 0 Å². The van der Waals surface area contributed by atoms with E-state index in [0.29, 0.717) is 18.8 Å². The molecule has 0 amide bonds. The van der Waals surface area contributed by atoms with E-state index in [2.05, 4.69) is 21.1 Å². The van der Waals surface area contributed by atoms with Crippen molar-refractivity contribution in [1.82, 2.24) is 0 Å². The molecule has 3 nitrogen and oxygen atoms in total. The lowest BCUT2D eigenvalue weighted by molar-refractivity contribution is -0.285. The van der Waals surface area contributed by atoms with Crippen molar-refractivity contribution in [2.75, 3.05) is 20.8 Å². The van der Waals surface area contributed by atoms with Crippen LogP contribution in [0.25, 0.3) is 0 Å². The Labute approximate surface area is 169 Å². The first kappa shape index (κ1) is 26.5. The number of hydrogen-bond acceptors (Lipinski definition) is 3. The van der Waals surface area contributed by atoms with Crippen molar-refractivity contribution < 1.29 is 40.6 Å². The number of ether oxygens (including phenoxy) is 3. The van der Waals surface area contributed by atoms with Crippen molar-refractivity contribution in [2.24, 2.45) is 23.7 Å². The van der Waals surface area contributed by atoms with E-state index in [1.807, 2.05) is 0 Å². The highest BCUT2D eigenvalue weighted by Crippen LogP contribution is 2.44. The van der Waals surface area contributed by atoms with Crippen LogP contribution in [0.4, 0.5) is 26.3 Å². The fourth-order valence-corrected chi connectivity index (χ4v) is 4.01. The first-order valence-electron chi connectivity index (χ1n) is 10.3. The first-order chi connectivity index (χ1) is 13.4. The fourth-order valence-electron chi connectivity index (χ4n) is 4.01. The molecule has 2 saturated carbocycles. The number of rotatable bonds is 7. The van der Waals surface area contributed by atoms with Crippen LogP contribution in [0.2, 0.25) is 0 Å². The van der Waals surface area contributed by atoms with Crippen molar-refractivity contribution in [3.05, 3.63) is 0 Å². The summed E-state index contributed by atoms with van der Waals surface area (Å²) in [6.07, 6.45) is -6.16. The zero-order chi connectivity index (χ0) is 22.3. The SMILES string of the molecule is CCOC(F)(F)C1CCC(C)CC1.COC(F)(F)C1CCC(C(F)(F)OC)CC1. The summed E-state index contributed by atoms with van der Waals surface area (Å²) in [6, 6.07) is 0. The average molecular weight is 436 g/mol. The molecule has 29 heavy (non-hydrogen) atoms. The maximum Gasteiger partial charge on any atom is 0.358 e. The van der Waals surface area contributed by atoms with Gasteiger partial charge >= 0.3 is 18.3 Å². The Kier molecular flexibility index (Phi) is 10.2. The topological polar surface area (TPSA) is 27.7 Å². The fraction of sp³-hybridized carbons (Fsp3) is 1.00. The zero-order valence-corrected chi connectivity index (χ0v) is 17.7. The van der Waals surface area contributed by atoms with Crippen LogP contribution < -0.4 is 0 Å². The van der Waals surface area contributed by atoms with Crippen molar-refractivity contribution in [3.8, 4) is 0 Å². The number of alkyl halides is 6. The van der Waals surface area contributed by atoms with Gasteiger partial charge in [-0.05, 0) is 51.4 Å². The molecule has 0 bridgehead atoms. The molecule has 9 heteroatoms. The molecule has 0 aromatic heterocycles. The maximum absolute atomic E-state index is 13.2. The molecule has 0 spiro atoms. The van der Waals surface area contributed by atoms with Gasteiger partial charge in [0, 0.05) is 14.2 Å². The van der Waals surface area contributed by atoms with Gasteiger partial charge in [0.05, 0.1) is 24.4 Å². The lowest BCUT2D eigenvalue weighted by atomic mass is 9.80. The van der Waals surface area contributed by atoms with Gasteiger partial charge in [-0.25, -0.2) is 0 Å². The van der Waals surface area contributed by atoms with Gasteiger partial charge in [0.1, 0.15) is 0 Å². The third-order valence-electron chi connectivity index (χ3n) is 6.05. The molecule has 2 aliphatic carbocycles. The molecule has 0 saturated heterocycles. The number of hydrogen-bond donors (Lipinski definition) is 0. The Bertz CT molecular complexity index is 435. The van der Waals surface area contributed by atoms with E-state index in [4.69, 9.17) is 0 Å². The molecule has 0 aromatic rings. The van der Waals surface area contributed by atoms with E-state index in [0.717, 1.165) is 27.1 Å². The van der Waals surface area contributed by atoms with Crippen LogP contribution in [-0.4, -0.2) is 39.2 Å². The lowest BCUT2D eigenvalue weighted by Crippen LogP contribution is -2.38. The molecule has 0 N–H and O–H groups in total. The molecule has 0 atom stereocenters. The minimum absolute atomic E-state index is 0.0322. The molecule has 0 aromatic carbocycles. The van der Waals surface area contributed by atoms with Crippen LogP contribution in [0, 0.1) is 23.7 Å². The lowest BCUT2D eigenvalue weighted by Gasteiger charge is -2.34. The third-order valence-corrected chi connectivity index (χ3v) is 6.05. The van der Waals surface area contributed by atoms with E-state index in [1.54, 1.807) is 6.92 Å². The Morgan fingerprint density at radius 3 is 1.24 bits per heavy atom. The van der Waals surface area contributed by atoms with E-state index >= 15 is 0 Å². The Morgan fingerprint density at radius 1 is 0.621 bits per heavy atom. The summed E-state index contributed by atoms with van der Waals surface area (Å²) in [4.78, 5) is 0. The van der Waals surface area contributed by atoms with Crippen molar-refractivity contribution in [1.29, 1.82) is 0 Å². The summed E-state index contributed by atoms with van der Waals surface area (Å²) in [5.41, 5.74) is 0. The predicted octanol–water partition coefficient (Wildman–Crippen LogP) is 6.71. The first-order valence-corrected chi connectivity index (χ1v) is 10.3. The molecular formula is C20H34F6O3. The highest BCUT2D eigenvalue weighted by Gasteiger charge is 2.47. The van der Waals surface area contributed by atoms with Gasteiger partial charge in [-0.2, -0.15) is 26.3 Å². The van der Waals surface area contributed by atoms with Gasteiger partial charge < -0.3 is 14.2 Å². The second-order valence-corrected chi connectivity index (χ2v) is 8.03. The molecule has 0 unspecified atom stereocenters. The van der Waals surface area contributed by atoms with Crippen LogP contribution in [0.15, 0.2) is 0 Å².